The SMILES string of the molecule is CC(=O)NCC1CCN(C(=O)C(C)C(N)=S)CC1. The highest BCUT2D eigenvalue weighted by atomic mass is 32.1. The minimum absolute atomic E-state index is 0.00407. The number of carbonyl (C=O) groups excluding carboxylic acids is 2. The number of likely N-dealkylation sites (tertiary alicyclic amines) is 1. The topological polar surface area (TPSA) is 75.4 Å². The summed E-state index contributed by atoms with van der Waals surface area (Å²) in [5, 5.41) is 2.82. The van der Waals surface area contributed by atoms with Crippen LogP contribution in [0.2, 0.25) is 0 Å². The standard InChI is InChI=1S/C12H21N3O2S/c1-8(11(13)18)12(17)15-5-3-10(4-6-15)7-14-9(2)16/h8,10H,3-7H2,1-2H3,(H2,13,18)(H,14,16). The predicted molar refractivity (Wildman–Crippen MR) is 73.9 cm³/mol. The molecule has 18 heavy (non-hydrogen) atoms. The Balaban J connectivity index is 2.37. The average molecular weight is 271 g/mol. The smallest absolute Gasteiger partial charge is 0.232 e. The van der Waals surface area contributed by atoms with Gasteiger partial charge < -0.3 is 16.0 Å². The van der Waals surface area contributed by atoms with Crippen LogP contribution in [0.4, 0.5) is 0 Å². The Kier molecular flexibility index (Phi) is 5.53. The van der Waals surface area contributed by atoms with E-state index in [1.807, 2.05) is 4.90 Å². The van der Waals surface area contributed by atoms with Gasteiger partial charge in [0.1, 0.15) is 0 Å². The highest BCUT2D eigenvalue weighted by Gasteiger charge is 2.26. The van der Waals surface area contributed by atoms with Gasteiger partial charge in [0, 0.05) is 26.6 Å². The summed E-state index contributed by atoms with van der Waals surface area (Å²) in [6.45, 7) is 5.39. The minimum Gasteiger partial charge on any atom is -0.393 e. The lowest BCUT2D eigenvalue weighted by Gasteiger charge is -2.33. The number of carbonyl (C=O) groups is 2. The number of rotatable bonds is 4. The summed E-state index contributed by atoms with van der Waals surface area (Å²) in [6.07, 6.45) is 1.83. The third-order valence-corrected chi connectivity index (χ3v) is 3.72. The zero-order valence-electron chi connectivity index (χ0n) is 10.9. The van der Waals surface area contributed by atoms with E-state index in [0.717, 1.165) is 25.9 Å². The lowest BCUT2D eigenvalue weighted by Crippen LogP contribution is -2.45. The van der Waals surface area contributed by atoms with Crippen LogP contribution in [0.5, 0.6) is 0 Å². The molecule has 1 unspecified atom stereocenters. The molecule has 102 valence electrons. The number of amides is 2. The van der Waals surface area contributed by atoms with Crippen molar-refractivity contribution in [3.05, 3.63) is 0 Å². The van der Waals surface area contributed by atoms with Gasteiger partial charge in [0.15, 0.2) is 0 Å². The van der Waals surface area contributed by atoms with E-state index >= 15 is 0 Å². The maximum absolute atomic E-state index is 12.0. The summed E-state index contributed by atoms with van der Waals surface area (Å²) >= 11 is 4.84. The largest absolute Gasteiger partial charge is 0.393 e. The van der Waals surface area contributed by atoms with E-state index in [0.29, 0.717) is 12.5 Å². The van der Waals surface area contributed by atoms with Crippen molar-refractivity contribution in [2.75, 3.05) is 19.6 Å². The molecule has 1 atom stereocenters. The molecule has 1 heterocycles. The predicted octanol–water partition coefficient (Wildman–Crippen LogP) is 0.283. The highest BCUT2D eigenvalue weighted by Crippen LogP contribution is 2.18. The average Bonchev–Trinajstić information content (AvgIpc) is 2.35. The van der Waals surface area contributed by atoms with E-state index < -0.39 is 0 Å². The molecular formula is C12H21N3O2S. The van der Waals surface area contributed by atoms with E-state index in [1.165, 1.54) is 6.92 Å². The summed E-state index contributed by atoms with van der Waals surface area (Å²) in [5.41, 5.74) is 5.49. The zero-order chi connectivity index (χ0) is 13.7. The fourth-order valence-electron chi connectivity index (χ4n) is 2.04. The van der Waals surface area contributed by atoms with Crippen LogP contribution in [0.3, 0.4) is 0 Å². The van der Waals surface area contributed by atoms with Crippen LogP contribution in [-0.4, -0.2) is 41.3 Å². The van der Waals surface area contributed by atoms with Crippen molar-refractivity contribution in [2.45, 2.75) is 26.7 Å². The summed E-state index contributed by atoms with van der Waals surface area (Å²) in [5.74, 6) is 0.0843. The van der Waals surface area contributed by atoms with Gasteiger partial charge in [-0.15, -0.1) is 0 Å². The van der Waals surface area contributed by atoms with Gasteiger partial charge in [-0.1, -0.05) is 12.2 Å². The molecule has 1 aliphatic heterocycles. The molecule has 1 aliphatic rings. The van der Waals surface area contributed by atoms with Crippen LogP contribution in [0.25, 0.3) is 0 Å². The van der Waals surface area contributed by atoms with Gasteiger partial charge in [-0.05, 0) is 25.7 Å². The maximum Gasteiger partial charge on any atom is 0.232 e. The van der Waals surface area contributed by atoms with Gasteiger partial charge in [0.25, 0.3) is 0 Å². The highest BCUT2D eigenvalue weighted by molar-refractivity contribution is 7.80. The molecule has 5 nitrogen and oxygen atoms in total. The monoisotopic (exact) mass is 271 g/mol. The Morgan fingerprint density at radius 3 is 2.44 bits per heavy atom. The molecule has 1 saturated heterocycles. The summed E-state index contributed by atoms with van der Waals surface area (Å²) in [6, 6.07) is 0. The first-order valence-electron chi connectivity index (χ1n) is 6.24. The van der Waals surface area contributed by atoms with Crippen LogP contribution in [0.1, 0.15) is 26.7 Å². The fourth-order valence-corrected chi connectivity index (χ4v) is 2.14. The number of hydrogen-bond acceptors (Lipinski definition) is 3. The molecule has 0 aromatic heterocycles. The number of nitrogens with one attached hydrogen (secondary N) is 1. The summed E-state index contributed by atoms with van der Waals surface area (Å²) < 4.78 is 0. The van der Waals surface area contributed by atoms with Crippen molar-refractivity contribution in [3.8, 4) is 0 Å². The summed E-state index contributed by atoms with van der Waals surface area (Å²) in [4.78, 5) is 24.9. The lowest BCUT2D eigenvalue weighted by molar-refractivity contribution is -0.134. The number of hydrogen-bond donors (Lipinski definition) is 2. The van der Waals surface area contributed by atoms with Gasteiger partial charge >= 0.3 is 0 Å². The Bertz CT molecular complexity index is 338. The van der Waals surface area contributed by atoms with E-state index in [-0.39, 0.29) is 22.7 Å². The second-order valence-corrected chi connectivity index (χ2v) is 5.30. The Labute approximate surface area is 113 Å². The number of thiocarbonyl (C=S) groups is 1. The van der Waals surface area contributed by atoms with Crippen LogP contribution < -0.4 is 11.1 Å². The zero-order valence-corrected chi connectivity index (χ0v) is 11.8. The molecule has 0 radical (unpaired) electrons. The second-order valence-electron chi connectivity index (χ2n) is 4.83. The molecule has 0 aromatic rings. The van der Waals surface area contributed by atoms with Crippen molar-refractivity contribution >= 4 is 29.0 Å². The minimum atomic E-state index is -0.383. The van der Waals surface area contributed by atoms with E-state index in [4.69, 9.17) is 18.0 Å². The van der Waals surface area contributed by atoms with Gasteiger partial charge in [-0.25, -0.2) is 0 Å². The Morgan fingerprint density at radius 2 is 2.00 bits per heavy atom. The van der Waals surface area contributed by atoms with Crippen molar-refractivity contribution in [3.63, 3.8) is 0 Å². The molecule has 0 bridgehead atoms. The van der Waals surface area contributed by atoms with Crippen molar-refractivity contribution in [1.29, 1.82) is 0 Å². The van der Waals surface area contributed by atoms with Gasteiger partial charge in [0.2, 0.25) is 11.8 Å². The van der Waals surface area contributed by atoms with E-state index in [1.54, 1.807) is 6.92 Å². The van der Waals surface area contributed by atoms with Crippen LogP contribution in [-0.2, 0) is 9.59 Å². The van der Waals surface area contributed by atoms with Crippen molar-refractivity contribution in [2.24, 2.45) is 17.6 Å². The Hall–Kier alpha value is -1.17. The van der Waals surface area contributed by atoms with E-state index in [2.05, 4.69) is 5.32 Å². The van der Waals surface area contributed by atoms with Crippen LogP contribution in [0, 0.1) is 11.8 Å². The molecule has 1 fully saturated rings. The maximum atomic E-state index is 12.0. The molecule has 1 rings (SSSR count). The molecule has 2 amide bonds. The quantitative estimate of drug-likeness (QED) is 0.720. The molecule has 0 aromatic carbocycles. The number of piperidine rings is 1. The molecule has 0 aliphatic carbocycles. The molecule has 0 spiro atoms. The Morgan fingerprint density at radius 1 is 1.44 bits per heavy atom. The fraction of sp³-hybridized carbons (Fsp3) is 0.750. The van der Waals surface area contributed by atoms with Crippen molar-refractivity contribution < 1.29 is 9.59 Å². The first kappa shape index (κ1) is 14.9. The van der Waals surface area contributed by atoms with Crippen molar-refractivity contribution in [1.82, 2.24) is 10.2 Å². The van der Waals surface area contributed by atoms with Crippen LogP contribution in [0.15, 0.2) is 0 Å². The first-order valence-corrected chi connectivity index (χ1v) is 6.65. The number of nitrogens with two attached hydrogens (primary N) is 1. The third kappa shape index (κ3) is 4.25. The summed E-state index contributed by atoms with van der Waals surface area (Å²) in [7, 11) is 0. The first-order chi connectivity index (χ1) is 8.41. The lowest BCUT2D eigenvalue weighted by atomic mass is 9.95. The molecule has 6 heteroatoms. The second kappa shape index (κ2) is 6.68. The van der Waals surface area contributed by atoms with Gasteiger partial charge in [-0.3, -0.25) is 9.59 Å². The third-order valence-electron chi connectivity index (χ3n) is 3.36. The molecular weight excluding hydrogens is 250 g/mol. The van der Waals surface area contributed by atoms with Crippen LogP contribution >= 0.6 is 12.2 Å². The molecule has 3 N–H and O–H groups in total. The van der Waals surface area contributed by atoms with Gasteiger partial charge in [-0.2, -0.15) is 0 Å². The number of nitrogens with zero attached hydrogens (tertiary/aromatic N) is 1. The van der Waals surface area contributed by atoms with E-state index in [9.17, 15) is 9.59 Å². The molecule has 0 saturated carbocycles. The van der Waals surface area contributed by atoms with Gasteiger partial charge in [0.05, 0.1) is 10.9 Å². The normalized spacial score (nSPS) is 18.2.